The van der Waals surface area contributed by atoms with Crippen LogP contribution in [0.2, 0.25) is 0 Å². The summed E-state index contributed by atoms with van der Waals surface area (Å²) in [6, 6.07) is 31.8. The number of carbonyl (C=O) groups is 1. The highest BCUT2D eigenvalue weighted by molar-refractivity contribution is 9.28. The predicted octanol–water partition coefficient (Wildman–Crippen LogP) is 8.11. The minimum Gasteiger partial charge on any atom is -0.445 e. The van der Waals surface area contributed by atoms with Crippen LogP contribution in [0.1, 0.15) is 23.1 Å². The van der Waals surface area contributed by atoms with Crippen molar-refractivity contribution in [1.82, 2.24) is 4.90 Å². The Kier molecular flexibility index (Phi) is 8.93. The smallest absolute Gasteiger partial charge is 0.410 e. The van der Waals surface area contributed by atoms with Gasteiger partial charge in [0.15, 0.2) is 0 Å². The number of nitrogens with zero attached hydrogens (tertiary/aromatic N) is 1. The number of hydrogen-bond donors (Lipinski definition) is 0. The van der Waals surface area contributed by atoms with Gasteiger partial charge in [-0.25, -0.2) is 4.79 Å². The lowest BCUT2D eigenvalue weighted by atomic mass is 9.84. The molecule has 180 valence electrons. The molecule has 1 saturated heterocycles. The first-order valence-electron chi connectivity index (χ1n) is 11.5. The molecule has 3 aromatic rings. The van der Waals surface area contributed by atoms with Crippen molar-refractivity contribution in [3.8, 4) is 0 Å². The van der Waals surface area contributed by atoms with Crippen LogP contribution >= 0.6 is 43.6 Å². The second-order valence-electron chi connectivity index (χ2n) is 8.30. The molecular weight excluding hydrogens is 586 g/mol. The molecule has 4 rings (SSSR count). The summed E-state index contributed by atoms with van der Waals surface area (Å²) in [5.74, 6) is 0. The van der Waals surface area contributed by atoms with E-state index in [1.807, 2.05) is 22.7 Å². The highest BCUT2D eigenvalue weighted by Gasteiger charge is 2.44. The number of likely N-dealkylation sites (tertiary alicyclic amines) is 1. The fraction of sp³-hybridized carbons (Fsp3) is 0.207. The Bertz CT molecular complexity index is 1050. The van der Waals surface area contributed by atoms with Crippen LogP contribution in [0.4, 0.5) is 4.79 Å². The number of rotatable bonds is 8. The molecule has 1 fully saturated rings. The topological polar surface area (TPSA) is 29.5 Å². The highest BCUT2D eigenvalue weighted by atomic mass is 79.9. The molecule has 1 aliphatic rings. The van der Waals surface area contributed by atoms with Gasteiger partial charge < -0.3 is 9.64 Å². The van der Waals surface area contributed by atoms with Gasteiger partial charge in [0, 0.05) is 11.8 Å². The Hall–Kier alpha value is -2.28. The summed E-state index contributed by atoms with van der Waals surface area (Å²) in [7, 11) is 0. The second-order valence-corrected chi connectivity index (χ2v) is 12.6. The van der Waals surface area contributed by atoms with Crippen molar-refractivity contribution in [3.63, 3.8) is 0 Å². The van der Waals surface area contributed by atoms with Gasteiger partial charge in [0.2, 0.25) is 0 Å². The number of amides is 1. The first kappa shape index (κ1) is 25.8. The number of ether oxygens (including phenoxy) is 1. The summed E-state index contributed by atoms with van der Waals surface area (Å²) in [6.45, 7) is 4.45. The summed E-state index contributed by atoms with van der Waals surface area (Å²) >= 11 is 8.87. The van der Waals surface area contributed by atoms with Crippen molar-refractivity contribution < 1.29 is 9.53 Å². The summed E-state index contributed by atoms with van der Waals surface area (Å²) in [6.07, 6.45) is 4.10. The fourth-order valence-corrected chi connectivity index (χ4v) is 7.07. The van der Waals surface area contributed by atoms with Gasteiger partial charge in [-0.2, -0.15) is 0 Å². The molecule has 3 aromatic carbocycles. The normalized spacial score (nSPS) is 17.6. The van der Waals surface area contributed by atoms with Gasteiger partial charge in [0.25, 0.3) is 0 Å². The molecule has 0 radical (unpaired) electrons. The van der Waals surface area contributed by atoms with E-state index in [9.17, 15) is 4.79 Å². The largest absolute Gasteiger partial charge is 0.445 e. The van der Waals surface area contributed by atoms with Gasteiger partial charge in [-0.3, -0.25) is 0 Å². The molecule has 1 aliphatic heterocycles. The quantitative estimate of drug-likeness (QED) is 0.190. The molecule has 1 amide bonds. The van der Waals surface area contributed by atoms with Crippen molar-refractivity contribution in [2.75, 3.05) is 13.2 Å². The summed E-state index contributed by atoms with van der Waals surface area (Å²) in [5, 5.41) is 0.174. The summed E-state index contributed by atoms with van der Waals surface area (Å²) < 4.78 is 5.81. The number of benzene rings is 3. The Morgan fingerprint density at radius 2 is 1.43 bits per heavy atom. The molecular formula is C29H27Br2NO2S. The fourth-order valence-electron chi connectivity index (χ4n) is 4.61. The van der Waals surface area contributed by atoms with Gasteiger partial charge in [-0.15, -0.1) is 11.8 Å². The first-order chi connectivity index (χ1) is 17.0. The standard InChI is InChI=1S/C29H27Br2NO2S/c1-2-18-34-28(33)32-21-26(19-25(32)20-27(30)31)35-29(22-12-6-3-7-13-22,23-14-8-4-9-15-23)24-16-10-5-11-17-24/h2-17,20,25-26H,1,18-19,21H2/t25-,26-/m0/s1. The maximum Gasteiger partial charge on any atom is 0.410 e. The average Bonchev–Trinajstić information content (AvgIpc) is 3.28. The van der Waals surface area contributed by atoms with Gasteiger partial charge in [-0.05, 0) is 61.0 Å². The molecule has 2 atom stereocenters. The zero-order valence-electron chi connectivity index (χ0n) is 19.2. The molecule has 0 spiro atoms. The van der Waals surface area contributed by atoms with Crippen LogP contribution in [0.15, 0.2) is 113 Å². The summed E-state index contributed by atoms with van der Waals surface area (Å²) in [4.78, 5) is 14.7. The van der Waals surface area contributed by atoms with Gasteiger partial charge >= 0.3 is 6.09 Å². The number of carbonyl (C=O) groups excluding carboxylic acids is 1. The molecule has 3 nitrogen and oxygen atoms in total. The van der Waals surface area contributed by atoms with Gasteiger partial charge in [0.05, 0.1) is 14.2 Å². The number of hydrogen-bond acceptors (Lipinski definition) is 3. The third-order valence-electron chi connectivity index (χ3n) is 6.07. The van der Waals surface area contributed by atoms with Gasteiger partial charge in [0.1, 0.15) is 6.61 Å². The molecule has 1 heterocycles. The molecule has 0 bridgehead atoms. The SMILES string of the molecule is C=CCOC(=O)N1C[C@@H](SC(c2ccccc2)(c2ccccc2)c2ccccc2)C[C@H]1C=C(Br)Br. The first-order valence-corrected chi connectivity index (χ1v) is 13.9. The second kappa shape index (κ2) is 12.1. The Morgan fingerprint density at radius 3 is 1.86 bits per heavy atom. The van der Waals surface area contributed by atoms with E-state index in [1.165, 1.54) is 16.7 Å². The highest BCUT2D eigenvalue weighted by Crippen LogP contribution is 2.52. The summed E-state index contributed by atoms with van der Waals surface area (Å²) in [5.41, 5.74) is 3.64. The molecule has 35 heavy (non-hydrogen) atoms. The van der Waals surface area contributed by atoms with E-state index < -0.39 is 4.75 Å². The molecule has 6 heteroatoms. The lowest BCUT2D eigenvalue weighted by Gasteiger charge is -2.37. The van der Waals surface area contributed by atoms with Crippen LogP contribution < -0.4 is 0 Å². The van der Waals surface area contributed by atoms with Crippen LogP contribution in [-0.4, -0.2) is 35.4 Å². The zero-order chi connectivity index (χ0) is 24.7. The average molecular weight is 613 g/mol. The van der Waals surface area contributed by atoms with Crippen molar-refractivity contribution >= 4 is 49.7 Å². The van der Waals surface area contributed by atoms with E-state index in [2.05, 4.69) is 129 Å². The maximum absolute atomic E-state index is 12.9. The van der Waals surface area contributed by atoms with Crippen molar-refractivity contribution in [2.24, 2.45) is 0 Å². The third kappa shape index (κ3) is 5.93. The van der Waals surface area contributed by atoms with Gasteiger partial charge in [-0.1, -0.05) is 104 Å². The van der Waals surface area contributed by atoms with Crippen LogP contribution in [-0.2, 0) is 9.48 Å². The molecule has 0 unspecified atom stereocenters. The lowest BCUT2D eigenvalue weighted by Crippen LogP contribution is -2.36. The van der Waals surface area contributed by atoms with Crippen LogP contribution in [0.25, 0.3) is 0 Å². The third-order valence-corrected chi connectivity index (χ3v) is 8.33. The van der Waals surface area contributed by atoms with E-state index in [-0.39, 0.29) is 24.0 Å². The monoisotopic (exact) mass is 611 g/mol. The van der Waals surface area contributed by atoms with Crippen LogP contribution in [0.5, 0.6) is 0 Å². The van der Waals surface area contributed by atoms with Crippen molar-refractivity contribution in [1.29, 1.82) is 0 Å². The van der Waals surface area contributed by atoms with Crippen LogP contribution in [0, 0.1) is 0 Å². The lowest BCUT2D eigenvalue weighted by molar-refractivity contribution is 0.114. The van der Waals surface area contributed by atoms with Crippen molar-refractivity contribution in [3.05, 3.63) is 130 Å². The van der Waals surface area contributed by atoms with E-state index >= 15 is 0 Å². The zero-order valence-corrected chi connectivity index (χ0v) is 23.2. The number of halogens is 2. The number of thioether (sulfide) groups is 1. The Balaban J connectivity index is 1.79. The van der Waals surface area contributed by atoms with Crippen LogP contribution in [0.3, 0.4) is 0 Å². The molecule has 0 aliphatic carbocycles. The molecule has 0 saturated carbocycles. The Labute approximate surface area is 228 Å². The Morgan fingerprint density at radius 1 is 0.943 bits per heavy atom. The van der Waals surface area contributed by atoms with Crippen molar-refractivity contribution in [2.45, 2.75) is 22.5 Å². The molecule has 0 N–H and O–H groups in total. The maximum atomic E-state index is 12.9. The van der Waals surface area contributed by atoms with E-state index in [0.717, 1.165) is 9.81 Å². The van der Waals surface area contributed by atoms with E-state index in [1.54, 1.807) is 6.08 Å². The molecule has 0 aromatic heterocycles. The minimum absolute atomic E-state index is 0.0846. The van der Waals surface area contributed by atoms with E-state index in [0.29, 0.717) is 6.54 Å². The minimum atomic E-state index is -0.435. The van der Waals surface area contributed by atoms with E-state index in [4.69, 9.17) is 4.74 Å². The predicted molar refractivity (Wildman–Crippen MR) is 153 cm³/mol.